The van der Waals surface area contributed by atoms with Crippen LogP contribution in [0.1, 0.15) is 19.8 Å². The third-order valence-corrected chi connectivity index (χ3v) is 5.16. The summed E-state index contributed by atoms with van der Waals surface area (Å²) in [6.45, 7) is 4.58. The summed E-state index contributed by atoms with van der Waals surface area (Å²) in [6, 6.07) is 3.24. The highest BCUT2D eigenvalue weighted by atomic mass is 16.4. The summed E-state index contributed by atoms with van der Waals surface area (Å²) in [5.41, 5.74) is 0.547. The SMILES string of the molecule is CC(CN(C)C(=O)Nc1ccc(N2CCN(C(=O)C3CC3)CC2)nc1)C(=O)O. The largest absolute Gasteiger partial charge is 0.481 e. The number of piperazine rings is 1. The summed E-state index contributed by atoms with van der Waals surface area (Å²) in [5.74, 6) is -0.230. The number of rotatable bonds is 6. The van der Waals surface area contributed by atoms with Gasteiger partial charge in [0.1, 0.15) is 5.82 Å². The van der Waals surface area contributed by atoms with Gasteiger partial charge in [-0.1, -0.05) is 6.92 Å². The minimum Gasteiger partial charge on any atom is -0.481 e. The second kappa shape index (κ2) is 8.45. The molecule has 0 spiro atoms. The topological polar surface area (TPSA) is 106 Å². The number of anilines is 2. The second-order valence-electron chi connectivity index (χ2n) is 7.54. The monoisotopic (exact) mass is 389 g/mol. The van der Waals surface area contributed by atoms with Gasteiger partial charge in [0.25, 0.3) is 0 Å². The first kappa shape index (κ1) is 19.9. The summed E-state index contributed by atoms with van der Waals surface area (Å²) in [4.78, 5) is 45.0. The molecule has 1 unspecified atom stereocenters. The van der Waals surface area contributed by atoms with E-state index in [-0.39, 0.29) is 24.4 Å². The van der Waals surface area contributed by atoms with E-state index in [1.165, 1.54) is 4.90 Å². The number of carboxylic acids is 1. The molecular formula is C19H27N5O4. The zero-order valence-corrected chi connectivity index (χ0v) is 16.3. The van der Waals surface area contributed by atoms with Crippen LogP contribution in [0, 0.1) is 11.8 Å². The summed E-state index contributed by atoms with van der Waals surface area (Å²) in [5, 5.41) is 11.7. The summed E-state index contributed by atoms with van der Waals surface area (Å²) < 4.78 is 0. The molecular weight excluding hydrogens is 362 g/mol. The van der Waals surface area contributed by atoms with E-state index < -0.39 is 11.9 Å². The highest BCUT2D eigenvalue weighted by molar-refractivity contribution is 5.89. The molecule has 2 aliphatic rings. The van der Waals surface area contributed by atoms with Crippen molar-refractivity contribution in [3.8, 4) is 0 Å². The van der Waals surface area contributed by atoms with Gasteiger partial charge in [-0.15, -0.1) is 0 Å². The maximum Gasteiger partial charge on any atom is 0.321 e. The maximum atomic E-state index is 12.2. The Labute approximate surface area is 164 Å². The van der Waals surface area contributed by atoms with Crippen molar-refractivity contribution in [1.82, 2.24) is 14.8 Å². The third-order valence-electron chi connectivity index (χ3n) is 5.16. The van der Waals surface area contributed by atoms with Crippen LogP contribution in [0.15, 0.2) is 18.3 Å². The molecule has 9 nitrogen and oxygen atoms in total. The van der Waals surface area contributed by atoms with Crippen LogP contribution in [0.2, 0.25) is 0 Å². The van der Waals surface area contributed by atoms with Crippen molar-refractivity contribution in [2.24, 2.45) is 11.8 Å². The molecule has 0 radical (unpaired) electrons. The molecule has 1 atom stereocenters. The zero-order chi connectivity index (χ0) is 20.3. The molecule has 3 rings (SSSR count). The Morgan fingerprint density at radius 2 is 1.93 bits per heavy atom. The number of urea groups is 1. The first-order valence-corrected chi connectivity index (χ1v) is 9.60. The molecule has 9 heteroatoms. The maximum absolute atomic E-state index is 12.2. The molecule has 1 aromatic heterocycles. The minimum absolute atomic E-state index is 0.122. The number of nitrogens with zero attached hydrogens (tertiary/aromatic N) is 4. The van der Waals surface area contributed by atoms with E-state index in [9.17, 15) is 14.4 Å². The molecule has 1 aromatic rings. The van der Waals surface area contributed by atoms with Gasteiger partial charge < -0.3 is 25.1 Å². The quantitative estimate of drug-likeness (QED) is 0.760. The van der Waals surface area contributed by atoms with Crippen molar-refractivity contribution in [3.05, 3.63) is 18.3 Å². The lowest BCUT2D eigenvalue weighted by Crippen LogP contribution is -2.49. The number of hydrogen-bond acceptors (Lipinski definition) is 5. The number of amides is 3. The Hall–Kier alpha value is -2.84. The van der Waals surface area contributed by atoms with E-state index in [0.29, 0.717) is 18.8 Å². The Morgan fingerprint density at radius 3 is 2.46 bits per heavy atom. The van der Waals surface area contributed by atoms with E-state index in [0.717, 1.165) is 31.7 Å². The van der Waals surface area contributed by atoms with E-state index in [1.807, 2.05) is 11.0 Å². The number of carbonyl (C=O) groups is 3. The van der Waals surface area contributed by atoms with Gasteiger partial charge >= 0.3 is 12.0 Å². The van der Waals surface area contributed by atoms with Crippen LogP contribution in [-0.2, 0) is 9.59 Å². The molecule has 0 aromatic carbocycles. The van der Waals surface area contributed by atoms with Crippen molar-refractivity contribution in [1.29, 1.82) is 0 Å². The first-order valence-electron chi connectivity index (χ1n) is 9.60. The fourth-order valence-corrected chi connectivity index (χ4v) is 3.18. The van der Waals surface area contributed by atoms with Crippen LogP contribution >= 0.6 is 0 Å². The summed E-state index contributed by atoms with van der Waals surface area (Å²) in [6.07, 6.45) is 3.64. The van der Waals surface area contributed by atoms with Gasteiger partial charge in [0, 0.05) is 45.7 Å². The molecule has 28 heavy (non-hydrogen) atoms. The van der Waals surface area contributed by atoms with Crippen LogP contribution in [0.4, 0.5) is 16.3 Å². The van der Waals surface area contributed by atoms with Crippen molar-refractivity contribution >= 4 is 29.4 Å². The molecule has 1 aliphatic heterocycles. The molecule has 3 amide bonds. The van der Waals surface area contributed by atoms with Crippen LogP contribution in [-0.4, -0.2) is 77.6 Å². The van der Waals surface area contributed by atoms with Gasteiger partial charge in [0.2, 0.25) is 5.91 Å². The van der Waals surface area contributed by atoms with Crippen molar-refractivity contribution in [3.63, 3.8) is 0 Å². The van der Waals surface area contributed by atoms with E-state index >= 15 is 0 Å². The number of nitrogens with one attached hydrogen (secondary N) is 1. The van der Waals surface area contributed by atoms with Crippen molar-refractivity contribution in [2.45, 2.75) is 19.8 Å². The second-order valence-corrected chi connectivity index (χ2v) is 7.54. The van der Waals surface area contributed by atoms with Crippen molar-refractivity contribution in [2.75, 3.05) is 50.0 Å². The van der Waals surface area contributed by atoms with Crippen molar-refractivity contribution < 1.29 is 19.5 Å². The molecule has 2 heterocycles. The molecule has 1 saturated heterocycles. The molecule has 0 bridgehead atoms. The van der Waals surface area contributed by atoms with E-state index in [1.54, 1.807) is 26.2 Å². The Kier molecular flexibility index (Phi) is 6.01. The average molecular weight is 389 g/mol. The number of aliphatic carboxylic acids is 1. The zero-order valence-electron chi connectivity index (χ0n) is 16.3. The molecule has 1 aliphatic carbocycles. The van der Waals surface area contributed by atoms with Crippen LogP contribution < -0.4 is 10.2 Å². The van der Waals surface area contributed by atoms with Gasteiger partial charge in [-0.2, -0.15) is 0 Å². The normalized spacial score (nSPS) is 17.8. The lowest BCUT2D eigenvalue weighted by molar-refractivity contribution is -0.141. The Morgan fingerprint density at radius 1 is 1.25 bits per heavy atom. The number of aromatic nitrogens is 1. The highest BCUT2D eigenvalue weighted by Gasteiger charge is 2.34. The average Bonchev–Trinajstić information content (AvgIpc) is 3.53. The van der Waals surface area contributed by atoms with Gasteiger partial charge in [0.15, 0.2) is 0 Å². The summed E-state index contributed by atoms with van der Waals surface area (Å²) >= 11 is 0. The molecule has 1 saturated carbocycles. The predicted molar refractivity (Wildman–Crippen MR) is 104 cm³/mol. The molecule has 152 valence electrons. The van der Waals surface area contributed by atoms with Crippen LogP contribution in [0.3, 0.4) is 0 Å². The molecule has 2 fully saturated rings. The fraction of sp³-hybridized carbons (Fsp3) is 0.579. The number of carboxylic acid groups (broad SMARTS) is 1. The number of pyridine rings is 1. The smallest absolute Gasteiger partial charge is 0.321 e. The highest BCUT2D eigenvalue weighted by Crippen LogP contribution is 2.31. The minimum atomic E-state index is -0.940. The van der Waals surface area contributed by atoms with E-state index in [4.69, 9.17) is 5.11 Å². The Balaban J connectivity index is 1.49. The number of hydrogen-bond donors (Lipinski definition) is 2. The Bertz CT molecular complexity index is 726. The third kappa shape index (κ3) is 4.90. The van der Waals surface area contributed by atoms with Crippen LogP contribution in [0.5, 0.6) is 0 Å². The lowest BCUT2D eigenvalue weighted by atomic mass is 10.2. The first-order chi connectivity index (χ1) is 13.3. The molecule has 2 N–H and O–H groups in total. The summed E-state index contributed by atoms with van der Waals surface area (Å²) in [7, 11) is 1.55. The van der Waals surface area contributed by atoms with Gasteiger partial charge in [-0.25, -0.2) is 9.78 Å². The van der Waals surface area contributed by atoms with Gasteiger partial charge in [0.05, 0.1) is 17.8 Å². The standard InChI is InChI=1S/C19H27N5O4/c1-13(18(26)27)12-22(2)19(28)21-15-5-6-16(20-11-15)23-7-9-24(10-8-23)17(25)14-3-4-14/h5-6,11,13-14H,3-4,7-10,12H2,1-2H3,(H,21,28)(H,26,27). The van der Waals surface area contributed by atoms with Crippen LogP contribution in [0.25, 0.3) is 0 Å². The lowest BCUT2D eigenvalue weighted by Gasteiger charge is -2.35. The van der Waals surface area contributed by atoms with Gasteiger partial charge in [-0.05, 0) is 25.0 Å². The fourth-order valence-electron chi connectivity index (χ4n) is 3.18. The number of carbonyl (C=O) groups excluding carboxylic acids is 2. The predicted octanol–water partition coefficient (Wildman–Crippen LogP) is 1.32. The van der Waals surface area contributed by atoms with Gasteiger partial charge in [-0.3, -0.25) is 9.59 Å². The van der Waals surface area contributed by atoms with E-state index in [2.05, 4.69) is 15.2 Å².